The molecule has 96 valence electrons. The quantitative estimate of drug-likeness (QED) is 0.778. The minimum Gasteiger partial charge on any atom is -0.326 e. The molecule has 0 amide bonds. The zero-order chi connectivity index (χ0) is 13.2. The van der Waals surface area contributed by atoms with Gasteiger partial charge in [0.25, 0.3) is 0 Å². The molecule has 0 unspecified atom stereocenters. The lowest BCUT2D eigenvalue weighted by Crippen LogP contribution is -2.07. The molecule has 2 N–H and O–H groups in total. The van der Waals surface area contributed by atoms with Gasteiger partial charge in [-0.3, -0.25) is 0 Å². The van der Waals surface area contributed by atoms with Crippen LogP contribution < -0.4 is 5.73 Å². The van der Waals surface area contributed by atoms with Gasteiger partial charge in [0.1, 0.15) is 5.82 Å². The Hall–Kier alpha value is -2.33. The number of hydrogen-bond acceptors (Lipinski definition) is 2. The molecule has 0 saturated heterocycles. The number of hydrogen-bond donors (Lipinski definition) is 1. The molecule has 4 heteroatoms. The van der Waals surface area contributed by atoms with Crippen molar-refractivity contribution in [3.8, 4) is 11.5 Å². The van der Waals surface area contributed by atoms with Crippen LogP contribution in [-0.4, -0.2) is 14.3 Å². The van der Waals surface area contributed by atoms with Gasteiger partial charge < -0.3 is 10.3 Å². The first-order valence-corrected chi connectivity index (χ1v) is 6.27. The predicted molar refractivity (Wildman–Crippen MR) is 75.5 cm³/mol. The van der Waals surface area contributed by atoms with Crippen molar-refractivity contribution in [2.45, 2.75) is 13.5 Å². The largest absolute Gasteiger partial charge is 0.326 e. The van der Waals surface area contributed by atoms with Crippen molar-refractivity contribution in [2.24, 2.45) is 5.73 Å². The Kier molecular flexibility index (Phi) is 2.93. The lowest BCUT2D eigenvalue weighted by molar-refractivity contribution is 0.817. The van der Waals surface area contributed by atoms with Crippen molar-refractivity contribution in [3.63, 3.8) is 0 Å². The third-order valence-electron chi connectivity index (χ3n) is 3.13. The highest BCUT2D eigenvalue weighted by molar-refractivity contribution is 5.44. The van der Waals surface area contributed by atoms with Gasteiger partial charge in [-0.1, -0.05) is 12.1 Å². The summed E-state index contributed by atoms with van der Waals surface area (Å²) in [6.07, 6.45) is 5.84. The van der Waals surface area contributed by atoms with E-state index in [2.05, 4.69) is 24.2 Å². The van der Waals surface area contributed by atoms with E-state index < -0.39 is 0 Å². The van der Waals surface area contributed by atoms with E-state index in [1.165, 1.54) is 5.56 Å². The summed E-state index contributed by atoms with van der Waals surface area (Å²) in [6.45, 7) is 2.55. The van der Waals surface area contributed by atoms with Crippen LogP contribution >= 0.6 is 0 Å². The number of aryl methyl sites for hydroxylation is 1. The third-order valence-corrected chi connectivity index (χ3v) is 3.13. The van der Waals surface area contributed by atoms with Crippen molar-refractivity contribution in [2.75, 3.05) is 0 Å². The van der Waals surface area contributed by atoms with Gasteiger partial charge >= 0.3 is 0 Å². The minimum absolute atomic E-state index is 0.472. The molecule has 0 saturated carbocycles. The number of benzene rings is 1. The maximum absolute atomic E-state index is 5.81. The summed E-state index contributed by atoms with van der Waals surface area (Å²) in [5.41, 5.74) is 9.09. The first-order valence-electron chi connectivity index (χ1n) is 6.27. The maximum atomic E-state index is 5.81. The second-order valence-electron chi connectivity index (χ2n) is 4.54. The Morgan fingerprint density at radius 1 is 1.16 bits per heavy atom. The van der Waals surface area contributed by atoms with Gasteiger partial charge in [-0.25, -0.2) is 4.68 Å². The number of rotatable bonds is 3. The van der Waals surface area contributed by atoms with E-state index in [0.717, 1.165) is 17.1 Å². The Morgan fingerprint density at radius 3 is 2.63 bits per heavy atom. The molecule has 0 atom stereocenters. The molecule has 0 fully saturated rings. The van der Waals surface area contributed by atoms with Gasteiger partial charge in [0.2, 0.25) is 0 Å². The van der Waals surface area contributed by atoms with Gasteiger partial charge in [0.15, 0.2) is 0 Å². The molecule has 4 nitrogen and oxygen atoms in total. The third kappa shape index (κ3) is 2.06. The molecule has 3 rings (SSSR count). The molecule has 3 aromatic rings. The average molecular weight is 252 g/mol. The fourth-order valence-electron chi connectivity index (χ4n) is 2.22. The molecular formula is C15H16N4. The highest BCUT2D eigenvalue weighted by atomic mass is 15.3. The Morgan fingerprint density at radius 2 is 1.95 bits per heavy atom. The highest BCUT2D eigenvalue weighted by Crippen LogP contribution is 2.19. The maximum Gasteiger partial charge on any atom is 0.144 e. The molecule has 2 aromatic heterocycles. The van der Waals surface area contributed by atoms with Crippen molar-refractivity contribution >= 4 is 0 Å². The van der Waals surface area contributed by atoms with E-state index in [0.29, 0.717) is 6.54 Å². The van der Waals surface area contributed by atoms with Crippen LogP contribution in [0.4, 0.5) is 0 Å². The van der Waals surface area contributed by atoms with Crippen LogP contribution in [0.2, 0.25) is 0 Å². The van der Waals surface area contributed by atoms with E-state index in [1.54, 1.807) is 0 Å². The fraction of sp³-hybridized carbons (Fsp3) is 0.133. The number of aromatic nitrogens is 3. The van der Waals surface area contributed by atoms with Crippen molar-refractivity contribution in [1.29, 1.82) is 0 Å². The summed E-state index contributed by atoms with van der Waals surface area (Å²) in [7, 11) is 0. The molecule has 1 aromatic carbocycles. The smallest absolute Gasteiger partial charge is 0.144 e. The Bertz CT molecular complexity index is 680. The minimum atomic E-state index is 0.472. The SMILES string of the molecule is Cc1cccc(-n2ncc(CN)c2-n2cccc2)c1. The van der Waals surface area contributed by atoms with Crippen LogP contribution in [0.25, 0.3) is 11.5 Å². The zero-order valence-corrected chi connectivity index (χ0v) is 10.8. The van der Waals surface area contributed by atoms with E-state index in [1.807, 2.05) is 52.1 Å². The summed E-state index contributed by atoms with van der Waals surface area (Å²) in [5, 5.41) is 4.47. The lowest BCUT2D eigenvalue weighted by Gasteiger charge is -2.10. The second kappa shape index (κ2) is 4.74. The highest BCUT2D eigenvalue weighted by Gasteiger charge is 2.12. The van der Waals surface area contributed by atoms with Gasteiger partial charge in [0, 0.05) is 24.5 Å². The lowest BCUT2D eigenvalue weighted by atomic mass is 10.2. The van der Waals surface area contributed by atoms with E-state index in [-0.39, 0.29) is 0 Å². The summed E-state index contributed by atoms with van der Waals surface area (Å²) < 4.78 is 3.96. The molecular weight excluding hydrogens is 236 g/mol. The van der Waals surface area contributed by atoms with Crippen molar-refractivity contribution in [3.05, 3.63) is 66.1 Å². The van der Waals surface area contributed by atoms with Crippen LogP contribution in [0.5, 0.6) is 0 Å². The molecule has 0 aliphatic heterocycles. The van der Waals surface area contributed by atoms with Crippen LogP contribution in [0.1, 0.15) is 11.1 Å². The van der Waals surface area contributed by atoms with Gasteiger partial charge in [-0.2, -0.15) is 5.10 Å². The van der Waals surface area contributed by atoms with E-state index in [9.17, 15) is 0 Å². The molecule has 0 aliphatic rings. The summed E-state index contributed by atoms with van der Waals surface area (Å²) in [5.74, 6) is 0.998. The molecule has 2 heterocycles. The average Bonchev–Trinajstić information content (AvgIpc) is 3.07. The van der Waals surface area contributed by atoms with Gasteiger partial charge in [-0.05, 0) is 36.8 Å². The Labute approximate surface area is 112 Å². The Balaban J connectivity index is 2.20. The topological polar surface area (TPSA) is 48.8 Å². The van der Waals surface area contributed by atoms with E-state index in [4.69, 9.17) is 5.73 Å². The van der Waals surface area contributed by atoms with Crippen LogP contribution in [0, 0.1) is 6.92 Å². The fourth-order valence-corrected chi connectivity index (χ4v) is 2.22. The molecule has 0 spiro atoms. The summed E-state index contributed by atoms with van der Waals surface area (Å²) >= 11 is 0. The van der Waals surface area contributed by atoms with Crippen LogP contribution in [0.3, 0.4) is 0 Å². The monoisotopic (exact) mass is 252 g/mol. The summed E-state index contributed by atoms with van der Waals surface area (Å²) in [4.78, 5) is 0. The molecule has 0 aliphatic carbocycles. The zero-order valence-electron chi connectivity index (χ0n) is 10.8. The molecule has 0 radical (unpaired) electrons. The first kappa shape index (κ1) is 11.7. The van der Waals surface area contributed by atoms with E-state index >= 15 is 0 Å². The summed E-state index contributed by atoms with van der Waals surface area (Å²) in [6, 6.07) is 12.3. The van der Waals surface area contributed by atoms with Gasteiger partial charge in [0.05, 0.1) is 11.9 Å². The van der Waals surface area contributed by atoms with Crippen LogP contribution in [0.15, 0.2) is 55.0 Å². The number of nitrogens with zero attached hydrogens (tertiary/aromatic N) is 3. The standard InChI is InChI=1S/C15H16N4/c1-12-5-4-6-14(9-12)19-15(13(10-16)11-17-19)18-7-2-3-8-18/h2-9,11H,10,16H2,1H3. The molecule has 0 bridgehead atoms. The van der Waals surface area contributed by atoms with Gasteiger partial charge in [-0.15, -0.1) is 0 Å². The predicted octanol–water partition coefficient (Wildman–Crippen LogP) is 2.43. The van der Waals surface area contributed by atoms with Crippen molar-refractivity contribution in [1.82, 2.24) is 14.3 Å². The molecule has 19 heavy (non-hydrogen) atoms. The normalized spacial score (nSPS) is 10.8. The first-order chi connectivity index (χ1) is 9.29. The second-order valence-corrected chi connectivity index (χ2v) is 4.54. The van der Waals surface area contributed by atoms with Crippen LogP contribution in [-0.2, 0) is 6.54 Å². The number of nitrogens with two attached hydrogens (primary N) is 1. The van der Waals surface area contributed by atoms with Crippen molar-refractivity contribution < 1.29 is 0 Å².